The highest BCUT2D eigenvalue weighted by Crippen LogP contribution is 2.25. The summed E-state index contributed by atoms with van der Waals surface area (Å²) in [5.74, 6) is -2.00. The Morgan fingerprint density at radius 2 is 1.50 bits per heavy atom. The van der Waals surface area contributed by atoms with Gasteiger partial charge >= 0.3 is 5.97 Å². The Balaban J connectivity index is 0.000000631. The topological polar surface area (TPSA) is 74.6 Å². The van der Waals surface area contributed by atoms with Crippen molar-refractivity contribution in [2.75, 3.05) is 0 Å². The van der Waals surface area contributed by atoms with Gasteiger partial charge in [0, 0.05) is 11.9 Å². The Kier molecular flexibility index (Phi) is 7.05. The van der Waals surface area contributed by atoms with E-state index in [0.717, 1.165) is 12.5 Å². The molecule has 0 heterocycles. The standard InChI is InChI=1S/C11H13ClO2.C2H4O2/c1-7(2)10(11(13)14)8-3-5-9(12)6-4-8;1-2(3)4/h3-7,10H,1-2H3,(H,13,14);1H3,(H,3,4). The van der Waals surface area contributed by atoms with Crippen molar-refractivity contribution in [3.05, 3.63) is 34.9 Å². The largest absolute Gasteiger partial charge is 0.481 e. The van der Waals surface area contributed by atoms with Crippen LogP contribution in [0.1, 0.15) is 32.3 Å². The summed E-state index contributed by atoms with van der Waals surface area (Å²) in [5.41, 5.74) is 0.803. The molecule has 1 rings (SSSR count). The van der Waals surface area contributed by atoms with Crippen molar-refractivity contribution in [1.29, 1.82) is 0 Å². The van der Waals surface area contributed by atoms with E-state index in [1.165, 1.54) is 0 Å². The van der Waals surface area contributed by atoms with Crippen LogP contribution in [0.25, 0.3) is 0 Å². The molecule has 4 nitrogen and oxygen atoms in total. The lowest BCUT2D eigenvalue weighted by molar-refractivity contribution is -0.140. The molecule has 0 aromatic heterocycles. The normalized spacial score (nSPS) is 11.4. The van der Waals surface area contributed by atoms with Crippen molar-refractivity contribution in [3.8, 4) is 0 Å². The van der Waals surface area contributed by atoms with Crippen LogP contribution in [0.5, 0.6) is 0 Å². The van der Waals surface area contributed by atoms with E-state index >= 15 is 0 Å². The number of benzene rings is 1. The summed E-state index contributed by atoms with van der Waals surface area (Å²) in [6, 6.07) is 6.96. The van der Waals surface area contributed by atoms with E-state index in [2.05, 4.69) is 0 Å². The summed E-state index contributed by atoms with van der Waals surface area (Å²) in [6.45, 7) is 4.88. The predicted molar refractivity (Wildman–Crippen MR) is 70.0 cm³/mol. The molecular formula is C13H17ClO4. The molecule has 0 aliphatic rings. The molecule has 0 aliphatic carbocycles. The highest BCUT2D eigenvalue weighted by molar-refractivity contribution is 6.30. The summed E-state index contributed by atoms with van der Waals surface area (Å²) >= 11 is 5.73. The van der Waals surface area contributed by atoms with Crippen LogP contribution in [0.15, 0.2) is 24.3 Å². The molecule has 1 aromatic rings. The number of hydrogen-bond acceptors (Lipinski definition) is 2. The molecule has 0 radical (unpaired) electrons. The van der Waals surface area contributed by atoms with E-state index in [-0.39, 0.29) is 5.92 Å². The van der Waals surface area contributed by atoms with E-state index in [9.17, 15) is 4.79 Å². The quantitative estimate of drug-likeness (QED) is 0.886. The zero-order chi connectivity index (χ0) is 14.3. The minimum Gasteiger partial charge on any atom is -0.481 e. The van der Waals surface area contributed by atoms with E-state index in [4.69, 9.17) is 26.6 Å². The van der Waals surface area contributed by atoms with Crippen molar-refractivity contribution in [2.24, 2.45) is 5.92 Å². The van der Waals surface area contributed by atoms with Crippen LogP contribution in [0.4, 0.5) is 0 Å². The first kappa shape index (κ1) is 16.4. The minimum atomic E-state index is -0.833. The Hall–Kier alpha value is -1.55. The van der Waals surface area contributed by atoms with E-state index in [1.807, 2.05) is 13.8 Å². The number of hydrogen-bond donors (Lipinski definition) is 2. The Morgan fingerprint density at radius 1 is 1.11 bits per heavy atom. The van der Waals surface area contributed by atoms with Gasteiger partial charge in [0.15, 0.2) is 0 Å². The maximum Gasteiger partial charge on any atom is 0.311 e. The van der Waals surface area contributed by atoms with Gasteiger partial charge in [-0.1, -0.05) is 37.6 Å². The lowest BCUT2D eigenvalue weighted by atomic mass is 9.89. The van der Waals surface area contributed by atoms with Gasteiger partial charge in [0.05, 0.1) is 5.92 Å². The molecule has 0 aliphatic heterocycles. The predicted octanol–water partition coefficient (Wildman–Crippen LogP) is 3.26. The third kappa shape index (κ3) is 6.25. The van der Waals surface area contributed by atoms with Gasteiger partial charge < -0.3 is 10.2 Å². The molecule has 1 unspecified atom stereocenters. The smallest absolute Gasteiger partial charge is 0.311 e. The van der Waals surface area contributed by atoms with Crippen molar-refractivity contribution < 1.29 is 19.8 Å². The minimum absolute atomic E-state index is 0.0775. The number of rotatable bonds is 3. The first-order valence-corrected chi connectivity index (χ1v) is 5.81. The van der Waals surface area contributed by atoms with Crippen molar-refractivity contribution in [2.45, 2.75) is 26.7 Å². The van der Waals surface area contributed by atoms with Crippen LogP contribution in [0.3, 0.4) is 0 Å². The highest BCUT2D eigenvalue weighted by Gasteiger charge is 2.22. The first-order chi connectivity index (χ1) is 8.25. The molecule has 0 saturated heterocycles. The van der Waals surface area contributed by atoms with E-state index < -0.39 is 17.9 Å². The fraction of sp³-hybridized carbons (Fsp3) is 0.385. The molecule has 100 valence electrons. The van der Waals surface area contributed by atoms with Crippen LogP contribution in [0, 0.1) is 5.92 Å². The molecule has 1 atom stereocenters. The van der Waals surface area contributed by atoms with E-state index in [0.29, 0.717) is 5.02 Å². The zero-order valence-corrected chi connectivity index (χ0v) is 11.3. The molecular weight excluding hydrogens is 256 g/mol. The molecule has 0 spiro atoms. The van der Waals surface area contributed by atoms with Gasteiger partial charge in [-0.05, 0) is 23.6 Å². The lowest BCUT2D eigenvalue weighted by Crippen LogP contribution is -2.17. The Bertz CT molecular complexity index is 394. The molecule has 0 bridgehead atoms. The summed E-state index contributed by atoms with van der Waals surface area (Å²) in [6.07, 6.45) is 0. The Morgan fingerprint density at radius 3 is 1.78 bits per heavy atom. The zero-order valence-electron chi connectivity index (χ0n) is 10.6. The average Bonchev–Trinajstić information content (AvgIpc) is 2.19. The van der Waals surface area contributed by atoms with Gasteiger partial charge in [0.25, 0.3) is 5.97 Å². The van der Waals surface area contributed by atoms with Crippen LogP contribution >= 0.6 is 11.6 Å². The molecule has 2 N–H and O–H groups in total. The third-order valence-corrected chi connectivity index (χ3v) is 2.41. The van der Waals surface area contributed by atoms with Crippen molar-refractivity contribution in [3.63, 3.8) is 0 Å². The Labute approximate surface area is 111 Å². The molecule has 18 heavy (non-hydrogen) atoms. The van der Waals surface area contributed by atoms with Crippen LogP contribution in [-0.2, 0) is 9.59 Å². The summed E-state index contributed by atoms with van der Waals surface area (Å²) < 4.78 is 0. The number of aliphatic carboxylic acids is 2. The summed E-state index contributed by atoms with van der Waals surface area (Å²) in [7, 11) is 0. The van der Waals surface area contributed by atoms with Gasteiger partial charge in [0.1, 0.15) is 0 Å². The van der Waals surface area contributed by atoms with Gasteiger partial charge in [-0.3, -0.25) is 9.59 Å². The van der Waals surface area contributed by atoms with Gasteiger partial charge in [-0.15, -0.1) is 0 Å². The monoisotopic (exact) mass is 272 g/mol. The van der Waals surface area contributed by atoms with Crippen LogP contribution in [0.2, 0.25) is 5.02 Å². The second kappa shape index (κ2) is 7.71. The molecule has 5 heteroatoms. The number of halogens is 1. The van der Waals surface area contributed by atoms with Gasteiger partial charge in [-0.2, -0.15) is 0 Å². The van der Waals surface area contributed by atoms with E-state index in [1.54, 1.807) is 24.3 Å². The SMILES string of the molecule is CC(=O)O.CC(C)C(C(=O)O)c1ccc(Cl)cc1. The maximum atomic E-state index is 11.0. The lowest BCUT2D eigenvalue weighted by Gasteiger charge is -2.16. The van der Waals surface area contributed by atoms with Crippen molar-refractivity contribution in [1.82, 2.24) is 0 Å². The number of carboxylic acid groups (broad SMARTS) is 2. The molecule has 0 amide bonds. The highest BCUT2D eigenvalue weighted by atomic mass is 35.5. The van der Waals surface area contributed by atoms with Gasteiger partial charge in [0.2, 0.25) is 0 Å². The molecule has 0 fully saturated rings. The molecule has 1 aromatic carbocycles. The van der Waals surface area contributed by atoms with Crippen molar-refractivity contribution >= 4 is 23.5 Å². The molecule has 0 saturated carbocycles. The second-order valence-corrected chi connectivity index (χ2v) is 4.57. The maximum absolute atomic E-state index is 11.0. The van der Waals surface area contributed by atoms with Gasteiger partial charge in [-0.25, -0.2) is 0 Å². The summed E-state index contributed by atoms with van der Waals surface area (Å²) in [4.78, 5) is 20.0. The number of carboxylic acids is 2. The van der Waals surface area contributed by atoms with Crippen LogP contribution in [-0.4, -0.2) is 22.2 Å². The average molecular weight is 273 g/mol. The first-order valence-electron chi connectivity index (χ1n) is 5.43. The summed E-state index contributed by atoms with van der Waals surface area (Å²) in [5, 5.41) is 17.1. The van der Waals surface area contributed by atoms with Crippen LogP contribution < -0.4 is 0 Å². The second-order valence-electron chi connectivity index (χ2n) is 4.13. The fourth-order valence-electron chi connectivity index (χ4n) is 1.48. The third-order valence-electron chi connectivity index (χ3n) is 2.16. The fourth-order valence-corrected chi connectivity index (χ4v) is 1.61. The number of carbonyl (C=O) groups is 2.